The average molecular weight is 482 g/mol. The van der Waals surface area contributed by atoms with Crippen LogP contribution in [0.1, 0.15) is 42.3 Å². The summed E-state index contributed by atoms with van der Waals surface area (Å²) in [6.45, 7) is 11.5. The molecular weight excluding hydrogens is 446 g/mol. The summed E-state index contributed by atoms with van der Waals surface area (Å²) in [5.41, 5.74) is 18.1. The summed E-state index contributed by atoms with van der Waals surface area (Å²) < 4.78 is 5.49. The number of carbonyl (C=O) groups is 3. The van der Waals surface area contributed by atoms with Crippen LogP contribution in [0.2, 0.25) is 0 Å². The zero-order chi connectivity index (χ0) is 26.5. The van der Waals surface area contributed by atoms with E-state index >= 15 is 0 Å². The molecule has 1 heterocycles. The number of nitrogens with one attached hydrogen (secondary N) is 1. The predicted molar refractivity (Wildman–Crippen MR) is 139 cm³/mol. The van der Waals surface area contributed by atoms with Crippen LogP contribution in [0.3, 0.4) is 0 Å². The highest BCUT2D eigenvalue weighted by Gasteiger charge is 2.32. The lowest BCUT2D eigenvalue weighted by Crippen LogP contribution is -2.44. The van der Waals surface area contributed by atoms with Crippen LogP contribution in [0.4, 0.5) is 16.2 Å². The van der Waals surface area contributed by atoms with E-state index in [-0.39, 0.29) is 12.5 Å². The maximum atomic E-state index is 12.9. The van der Waals surface area contributed by atoms with Gasteiger partial charge in [-0.25, -0.2) is 15.2 Å². The minimum Gasteiger partial charge on any atom is -0.442 e. The molecule has 0 saturated carbocycles. The first kappa shape index (κ1) is 27.6. The molecule has 35 heavy (non-hydrogen) atoms. The number of nitrogen functional groups attached to an aromatic ring is 1. The van der Waals surface area contributed by atoms with Gasteiger partial charge in [-0.3, -0.25) is 9.59 Å². The van der Waals surface area contributed by atoms with Crippen molar-refractivity contribution in [2.75, 3.05) is 31.4 Å². The Morgan fingerprint density at radius 3 is 2.46 bits per heavy atom. The molecule has 0 atom stereocenters. The third-order valence-corrected chi connectivity index (χ3v) is 5.30. The maximum Gasteiger partial charge on any atom is 0.429 e. The van der Waals surface area contributed by atoms with E-state index in [4.69, 9.17) is 10.5 Å². The molecule has 9 nitrogen and oxygen atoms in total. The summed E-state index contributed by atoms with van der Waals surface area (Å²) in [6.07, 6.45) is 0.145. The Kier molecular flexibility index (Phi) is 8.78. The molecule has 0 bridgehead atoms. The van der Waals surface area contributed by atoms with E-state index in [2.05, 4.69) is 17.7 Å². The molecule has 0 radical (unpaired) electrons. The van der Waals surface area contributed by atoms with Crippen LogP contribution in [0.15, 0.2) is 42.5 Å². The topological polar surface area (TPSA) is 131 Å². The fourth-order valence-corrected chi connectivity index (χ4v) is 3.88. The van der Waals surface area contributed by atoms with Gasteiger partial charge in [0.25, 0.3) is 5.91 Å². The van der Waals surface area contributed by atoms with Crippen molar-refractivity contribution in [2.45, 2.75) is 39.8 Å². The van der Waals surface area contributed by atoms with Crippen LogP contribution in [0.5, 0.6) is 0 Å². The largest absolute Gasteiger partial charge is 0.442 e. The van der Waals surface area contributed by atoms with Crippen molar-refractivity contribution in [3.63, 3.8) is 0 Å². The Hall–Kier alpha value is -3.69. The van der Waals surface area contributed by atoms with Crippen molar-refractivity contribution in [1.82, 2.24) is 10.3 Å². The standard InChI is InChI=1S/C25H30N4O4.CH5N/c1-15(14-30)12-28-13-19-18(8-9-20(26)22(19)23(28)31)17-7-10-21(16(2)11-17)29(27-6)24(32)33-25(3,4)5;1-2/h7-11,14,27H,1,12-13,26H2,2-6H3;2H2,1H3. The SMILES string of the molecule is C=C(C=O)CN1Cc2c(-c3ccc(N(NC)C(=O)OC(C)(C)C)c(C)c3)ccc(N)c2C1=O.CN. The van der Waals surface area contributed by atoms with Gasteiger partial charge in [-0.05, 0) is 75.2 Å². The summed E-state index contributed by atoms with van der Waals surface area (Å²) in [5.74, 6) is -0.216. The first-order valence-corrected chi connectivity index (χ1v) is 11.2. The number of nitrogens with two attached hydrogens (primary N) is 2. The number of benzene rings is 2. The van der Waals surface area contributed by atoms with Gasteiger partial charge >= 0.3 is 6.09 Å². The average Bonchev–Trinajstić information content (AvgIpc) is 3.12. The summed E-state index contributed by atoms with van der Waals surface area (Å²) in [4.78, 5) is 38.1. The quantitative estimate of drug-likeness (QED) is 0.249. The molecule has 1 aliphatic heterocycles. The van der Waals surface area contributed by atoms with Crippen LogP contribution >= 0.6 is 0 Å². The number of ether oxygens (including phenoxy) is 1. The van der Waals surface area contributed by atoms with E-state index in [1.807, 2.05) is 52.0 Å². The van der Waals surface area contributed by atoms with E-state index in [9.17, 15) is 14.4 Å². The molecule has 1 aliphatic rings. The molecule has 0 unspecified atom stereocenters. The van der Waals surface area contributed by atoms with Gasteiger partial charge in [-0.1, -0.05) is 18.7 Å². The zero-order valence-corrected chi connectivity index (χ0v) is 21.3. The number of carbonyl (C=O) groups excluding carboxylic acids is 3. The third kappa shape index (κ3) is 6.06. The Balaban J connectivity index is 0.00000210. The van der Waals surface area contributed by atoms with E-state index in [0.29, 0.717) is 35.3 Å². The molecule has 2 aromatic rings. The van der Waals surface area contributed by atoms with Crippen molar-refractivity contribution >= 4 is 29.7 Å². The summed E-state index contributed by atoms with van der Waals surface area (Å²) >= 11 is 0. The fraction of sp³-hybridized carbons (Fsp3) is 0.346. The summed E-state index contributed by atoms with van der Waals surface area (Å²) in [6, 6.07) is 9.27. The lowest BCUT2D eigenvalue weighted by Gasteiger charge is -2.27. The molecule has 188 valence electrons. The Morgan fingerprint density at radius 2 is 1.91 bits per heavy atom. The van der Waals surface area contributed by atoms with E-state index in [1.54, 1.807) is 18.0 Å². The maximum absolute atomic E-state index is 12.9. The van der Waals surface area contributed by atoms with Crippen molar-refractivity contribution in [2.24, 2.45) is 5.73 Å². The first-order chi connectivity index (χ1) is 16.5. The molecule has 0 fully saturated rings. The summed E-state index contributed by atoms with van der Waals surface area (Å²) in [5, 5.41) is 1.36. The van der Waals surface area contributed by atoms with Crippen molar-refractivity contribution in [1.29, 1.82) is 0 Å². The Morgan fingerprint density at radius 1 is 1.26 bits per heavy atom. The summed E-state index contributed by atoms with van der Waals surface area (Å²) in [7, 11) is 3.15. The van der Waals surface area contributed by atoms with Gasteiger partial charge in [-0.15, -0.1) is 0 Å². The number of nitrogens with zero attached hydrogens (tertiary/aromatic N) is 2. The normalized spacial score (nSPS) is 12.4. The van der Waals surface area contributed by atoms with Gasteiger partial charge in [0, 0.05) is 31.4 Å². The monoisotopic (exact) mass is 481 g/mol. The van der Waals surface area contributed by atoms with Crippen LogP contribution in [-0.2, 0) is 16.1 Å². The van der Waals surface area contributed by atoms with Crippen LogP contribution in [0, 0.1) is 6.92 Å². The number of hydrazine groups is 1. The van der Waals surface area contributed by atoms with Crippen LogP contribution in [-0.4, -0.2) is 49.4 Å². The minimum atomic E-state index is -0.627. The number of rotatable bonds is 6. The van der Waals surface area contributed by atoms with Gasteiger partial charge in [0.15, 0.2) is 0 Å². The van der Waals surface area contributed by atoms with Gasteiger partial charge in [0.1, 0.15) is 11.9 Å². The number of hydrogen-bond acceptors (Lipinski definition) is 7. The highest BCUT2D eigenvalue weighted by molar-refractivity contribution is 6.05. The highest BCUT2D eigenvalue weighted by atomic mass is 16.6. The van der Waals surface area contributed by atoms with Gasteiger partial charge in [0.05, 0.1) is 11.3 Å². The molecular formula is C26H35N5O4. The van der Waals surface area contributed by atoms with Gasteiger partial charge in [-0.2, -0.15) is 0 Å². The smallest absolute Gasteiger partial charge is 0.429 e. The molecule has 3 rings (SSSR count). The lowest BCUT2D eigenvalue weighted by atomic mass is 9.94. The number of aldehydes is 1. The number of fused-ring (bicyclic) bond motifs is 1. The molecule has 0 spiro atoms. The second kappa shape index (κ2) is 11.2. The number of hydrogen-bond donors (Lipinski definition) is 3. The zero-order valence-electron chi connectivity index (χ0n) is 21.3. The van der Waals surface area contributed by atoms with E-state index in [0.717, 1.165) is 22.3 Å². The van der Waals surface area contributed by atoms with Crippen LogP contribution in [0.25, 0.3) is 11.1 Å². The highest BCUT2D eigenvalue weighted by Crippen LogP contribution is 2.37. The second-order valence-corrected chi connectivity index (χ2v) is 9.03. The fourth-order valence-electron chi connectivity index (χ4n) is 3.88. The molecule has 0 aliphatic carbocycles. The van der Waals surface area contributed by atoms with Crippen molar-refractivity contribution in [3.8, 4) is 11.1 Å². The molecule has 5 N–H and O–H groups in total. The van der Waals surface area contributed by atoms with Crippen LogP contribution < -0.4 is 21.9 Å². The van der Waals surface area contributed by atoms with E-state index < -0.39 is 11.7 Å². The molecule has 9 heteroatoms. The van der Waals surface area contributed by atoms with E-state index in [1.165, 1.54) is 12.1 Å². The second-order valence-electron chi connectivity index (χ2n) is 9.03. The number of anilines is 2. The molecule has 2 amide bonds. The van der Waals surface area contributed by atoms with Crippen molar-refractivity contribution < 1.29 is 19.1 Å². The minimum absolute atomic E-state index is 0.154. The van der Waals surface area contributed by atoms with Crippen molar-refractivity contribution in [3.05, 3.63) is 59.2 Å². The Labute approximate surface area is 206 Å². The third-order valence-electron chi connectivity index (χ3n) is 5.30. The first-order valence-electron chi connectivity index (χ1n) is 11.2. The molecule has 0 saturated heterocycles. The number of amides is 2. The lowest BCUT2D eigenvalue weighted by molar-refractivity contribution is -0.105. The predicted octanol–water partition coefficient (Wildman–Crippen LogP) is 3.41. The van der Waals surface area contributed by atoms with Gasteiger partial charge in [0.2, 0.25) is 0 Å². The Bertz CT molecular complexity index is 1140. The van der Waals surface area contributed by atoms with Gasteiger partial charge < -0.3 is 21.1 Å². The molecule has 0 aromatic heterocycles. The number of aryl methyl sites for hydroxylation is 1. The molecule has 2 aromatic carbocycles.